The Morgan fingerprint density at radius 1 is 1.24 bits per heavy atom. The number of hydrogen-bond acceptors (Lipinski definition) is 4. The average molecular weight is 321 g/mol. The molecule has 2 aromatic rings. The van der Waals surface area contributed by atoms with Gasteiger partial charge in [0.05, 0.1) is 10.6 Å². The van der Waals surface area contributed by atoms with Gasteiger partial charge in [-0.3, -0.25) is 9.29 Å². The standard InChI is InChI=1S/C14H15N3O2S2/c1-10-9-11(14(15)20)3-4-13(10)21(18,19)17(2)12-5-7-16-8-6-12/h3-9H,1-2H3,(H2,15,20). The molecule has 0 radical (unpaired) electrons. The minimum Gasteiger partial charge on any atom is -0.389 e. The normalized spacial score (nSPS) is 11.1. The monoisotopic (exact) mass is 321 g/mol. The lowest BCUT2D eigenvalue weighted by atomic mass is 10.1. The number of nitrogens with zero attached hydrogens (tertiary/aromatic N) is 2. The number of anilines is 1. The Hall–Kier alpha value is -1.99. The van der Waals surface area contributed by atoms with Crippen LogP contribution in [-0.2, 0) is 10.0 Å². The summed E-state index contributed by atoms with van der Waals surface area (Å²) in [5.41, 5.74) is 7.35. The largest absolute Gasteiger partial charge is 0.389 e. The van der Waals surface area contributed by atoms with Gasteiger partial charge in [0.25, 0.3) is 10.0 Å². The van der Waals surface area contributed by atoms with Crippen LogP contribution in [0.3, 0.4) is 0 Å². The smallest absolute Gasteiger partial charge is 0.264 e. The van der Waals surface area contributed by atoms with Gasteiger partial charge in [0.1, 0.15) is 4.99 Å². The molecule has 1 aromatic carbocycles. The van der Waals surface area contributed by atoms with E-state index in [9.17, 15) is 8.42 Å². The quantitative estimate of drug-likeness (QED) is 0.870. The molecule has 0 amide bonds. The highest BCUT2D eigenvalue weighted by Gasteiger charge is 2.23. The number of benzene rings is 1. The molecule has 0 aliphatic carbocycles. The van der Waals surface area contributed by atoms with E-state index in [4.69, 9.17) is 18.0 Å². The van der Waals surface area contributed by atoms with Gasteiger partial charge in [-0.2, -0.15) is 0 Å². The summed E-state index contributed by atoms with van der Waals surface area (Å²) in [7, 11) is -2.14. The fourth-order valence-corrected chi connectivity index (χ4v) is 3.46. The van der Waals surface area contributed by atoms with Gasteiger partial charge in [-0.15, -0.1) is 0 Å². The Labute approximate surface area is 129 Å². The van der Waals surface area contributed by atoms with Crippen molar-refractivity contribution in [3.8, 4) is 0 Å². The van der Waals surface area contributed by atoms with E-state index in [1.54, 1.807) is 43.6 Å². The highest BCUT2D eigenvalue weighted by molar-refractivity contribution is 7.92. The van der Waals surface area contributed by atoms with Crippen molar-refractivity contribution in [2.45, 2.75) is 11.8 Å². The molecule has 1 aromatic heterocycles. The summed E-state index contributed by atoms with van der Waals surface area (Å²) in [4.78, 5) is 4.35. The van der Waals surface area contributed by atoms with E-state index < -0.39 is 10.0 Å². The lowest BCUT2D eigenvalue weighted by Gasteiger charge is -2.20. The molecule has 0 aliphatic rings. The Balaban J connectivity index is 2.47. The second kappa shape index (κ2) is 5.79. The van der Waals surface area contributed by atoms with E-state index in [0.717, 1.165) is 0 Å². The van der Waals surface area contributed by atoms with Crippen molar-refractivity contribution in [3.63, 3.8) is 0 Å². The number of aromatic nitrogens is 1. The summed E-state index contributed by atoms with van der Waals surface area (Å²) in [6, 6.07) is 8.08. The number of sulfonamides is 1. The topological polar surface area (TPSA) is 76.3 Å². The third-order valence-electron chi connectivity index (χ3n) is 3.12. The molecule has 0 spiro atoms. The molecule has 0 saturated heterocycles. The molecule has 0 fully saturated rings. The maximum absolute atomic E-state index is 12.7. The molecule has 7 heteroatoms. The first-order valence-electron chi connectivity index (χ1n) is 6.13. The van der Waals surface area contributed by atoms with E-state index in [0.29, 0.717) is 16.8 Å². The zero-order valence-electron chi connectivity index (χ0n) is 11.6. The Morgan fingerprint density at radius 2 is 1.86 bits per heavy atom. The molecule has 2 N–H and O–H groups in total. The van der Waals surface area contributed by atoms with Gasteiger partial charge in [0.2, 0.25) is 0 Å². The molecule has 5 nitrogen and oxygen atoms in total. The molecule has 0 atom stereocenters. The van der Waals surface area contributed by atoms with E-state index in [-0.39, 0.29) is 9.88 Å². The summed E-state index contributed by atoms with van der Waals surface area (Å²) >= 11 is 4.90. The van der Waals surface area contributed by atoms with Crippen molar-refractivity contribution in [2.24, 2.45) is 5.73 Å². The number of hydrogen-bond donors (Lipinski definition) is 1. The van der Waals surface area contributed by atoms with Crippen molar-refractivity contribution in [1.82, 2.24) is 4.98 Å². The van der Waals surface area contributed by atoms with Crippen LogP contribution in [0.25, 0.3) is 0 Å². The van der Waals surface area contributed by atoms with Gasteiger partial charge in [-0.05, 0) is 36.8 Å². The molecular formula is C14H15N3O2S2. The first-order valence-corrected chi connectivity index (χ1v) is 7.98. The molecule has 2 rings (SSSR count). The van der Waals surface area contributed by atoms with Crippen molar-refractivity contribution in [2.75, 3.05) is 11.4 Å². The van der Waals surface area contributed by atoms with E-state index >= 15 is 0 Å². The maximum atomic E-state index is 12.7. The van der Waals surface area contributed by atoms with Crippen LogP contribution in [0.15, 0.2) is 47.6 Å². The molecule has 0 unspecified atom stereocenters. The lowest BCUT2D eigenvalue weighted by molar-refractivity contribution is 0.594. The summed E-state index contributed by atoms with van der Waals surface area (Å²) in [5, 5.41) is 0. The fraction of sp³-hybridized carbons (Fsp3) is 0.143. The third kappa shape index (κ3) is 3.03. The minimum atomic E-state index is -3.64. The van der Waals surface area contributed by atoms with Crippen LogP contribution < -0.4 is 10.0 Å². The van der Waals surface area contributed by atoms with E-state index in [1.807, 2.05) is 0 Å². The Morgan fingerprint density at radius 3 is 2.38 bits per heavy atom. The number of thiocarbonyl (C=S) groups is 1. The molecular weight excluding hydrogens is 306 g/mol. The fourth-order valence-electron chi connectivity index (χ4n) is 1.93. The summed E-state index contributed by atoms with van der Waals surface area (Å²) in [6.07, 6.45) is 3.09. The van der Waals surface area contributed by atoms with Crippen molar-refractivity contribution < 1.29 is 8.42 Å². The van der Waals surface area contributed by atoms with Gasteiger partial charge in [0.15, 0.2) is 0 Å². The number of pyridine rings is 1. The molecule has 1 heterocycles. The minimum absolute atomic E-state index is 0.224. The highest BCUT2D eigenvalue weighted by Crippen LogP contribution is 2.24. The average Bonchev–Trinajstić information content (AvgIpc) is 2.46. The van der Waals surface area contributed by atoms with Crippen molar-refractivity contribution in [3.05, 3.63) is 53.9 Å². The predicted molar refractivity (Wildman–Crippen MR) is 86.9 cm³/mol. The van der Waals surface area contributed by atoms with Crippen LogP contribution in [0.2, 0.25) is 0 Å². The van der Waals surface area contributed by atoms with Crippen LogP contribution in [-0.4, -0.2) is 25.4 Å². The predicted octanol–water partition coefficient (Wildman–Crippen LogP) is 1.85. The SMILES string of the molecule is Cc1cc(C(N)=S)ccc1S(=O)(=O)N(C)c1ccncc1. The van der Waals surface area contributed by atoms with Crippen molar-refractivity contribution >= 4 is 32.9 Å². The molecule has 110 valence electrons. The van der Waals surface area contributed by atoms with Gasteiger partial charge in [-0.25, -0.2) is 8.42 Å². The summed E-state index contributed by atoms with van der Waals surface area (Å²) < 4.78 is 26.6. The zero-order chi connectivity index (χ0) is 15.6. The zero-order valence-corrected chi connectivity index (χ0v) is 13.3. The third-order valence-corrected chi connectivity index (χ3v) is 5.31. The first kappa shape index (κ1) is 15.4. The Kier molecular flexibility index (Phi) is 4.24. The molecule has 21 heavy (non-hydrogen) atoms. The van der Waals surface area contributed by atoms with Crippen LogP contribution in [0.5, 0.6) is 0 Å². The molecule has 0 saturated carbocycles. The molecule has 0 bridgehead atoms. The lowest BCUT2D eigenvalue weighted by Crippen LogP contribution is -2.27. The van der Waals surface area contributed by atoms with E-state index in [2.05, 4.69) is 4.98 Å². The van der Waals surface area contributed by atoms with Crippen LogP contribution in [0.1, 0.15) is 11.1 Å². The highest BCUT2D eigenvalue weighted by atomic mass is 32.2. The molecule has 0 aliphatic heterocycles. The maximum Gasteiger partial charge on any atom is 0.264 e. The van der Waals surface area contributed by atoms with Gasteiger partial charge >= 0.3 is 0 Å². The van der Waals surface area contributed by atoms with E-state index in [1.165, 1.54) is 17.4 Å². The second-order valence-corrected chi connectivity index (χ2v) is 6.90. The van der Waals surface area contributed by atoms with Crippen molar-refractivity contribution in [1.29, 1.82) is 0 Å². The van der Waals surface area contributed by atoms with Gasteiger partial charge < -0.3 is 5.73 Å². The number of nitrogens with two attached hydrogens (primary N) is 1. The van der Waals surface area contributed by atoms with Crippen LogP contribution >= 0.6 is 12.2 Å². The van der Waals surface area contributed by atoms with Gasteiger partial charge in [-0.1, -0.05) is 18.3 Å². The first-order chi connectivity index (χ1) is 9.84. The Bertz CT molecular complexity index is 774. The summed E-state index contributed by atoms with van der Waals surface area (Å²) in [6.45, 7) is 1.72. The summed E-state index contributed by atoms with van der Waals surface area (Å²) in [5.74, 6) is 0. The number of aryl methyl sites for hydroxylation is 1. The van der Waals surface area contributed by atoms with Crippen LogP contribution in [0, 0.1) is 6.92 Å². The van der Waals surface area contributed by atoms with Crippen LogP contribution in [0.4, 0.5) is 5.69 Å². The second-order valence-electron chi connectivity index (χ2n) is 4.52. The van der Waals surface area contributed by atoms with Gasteiger partial charge in [0, 0.05) is 25.0 Å². The number of rotatable bonds is 4.